The smallest absolute Gasteiger partial charge is 0.243 e. The van der Waals surface area contributed by atoms with Gasteiger partial charge < -0.3 is 15.7 Å². The lowest BCUT2D eigenvalue weighted by molar-refractivity contribution is 0.0240. The summed E-state index contributed by atoms with van der Waals surface area (Å²) in [7, 11) is -1.86. The van der Waals surface area contributed by atoms with Crippen LogP contribution in [0.4, 0.5) is 5.69 Å². The highest BCUT2D eigenvalue weighted by molar-refractivity contribution is 7.89. The van der Waals surface area contributed by atoms with Crippen molar-refractivity contribution >= 4 is 15.7 Å². The van der Waals surface area contributed by atoms with E-state index in [4.69, 9.17) is 5.73 Å². The average molecular weight is 341 g/mol. The van der Waals surface area contributed by atoms with Crippen molar-refractivity contribution in [3.05, 3.63) is 24.3 Å². The van der Waals surface area contributed by atoms with Crippen molar-refractivity contribution in [3.63, 3.8) is 0 Å². The van der Waals surface area contributed by atoms with Crippen LogP contribution in [0.3, 0.4) is 0 Å². The van der Waals surface area contributed by atoms with Gasteiger partial charge in [-0.1, -0.05) is 0 Å². The van der Waals surface area contributed by atoms with Gasteiger partial charge in [-0.2, -0.15) is 4.31 Å². The Morgan fingerprint density at radius 3 is 2.26 bits per heavy atom. The molecule has 0 unspecified atom stereocenters. The Balaban J connectivity index is 2.01. The predicted octanol–water partition coefficient (Wildman–Crippen LogP) is 1.12. The van der Waals surface area contributed by atoms with Crippen LogP contribution in [0.2, 0.25) is 0 Å². The number of β-amino-alcohol motifs (C(OH)–C–C–N with tert-alkyl or cyclic N) is 1. The van der Waals surface area contributed by atoms with E-state index in [9.17, 15) is 13.5 Å². The number of hydrogen-bond acceptors (Lipinski definition) is 5. The third-order valence-corrected chi connectivity index (χ3v) is 6.16. The highest BCUT2D eigenvalue weighted by Gasteiger charge is 2.31. The average Bonchev–Trinajstić information content (AvgIpc) is 2.46. The summed E-state index contributed by atoms with van der Waals surface area (Å²) in [5.41, 5.74) is 5.44. The van der Waals surface area contributed by atoms with Gasteiger partial charge in [0.1, 0.15) is 0 Å². The molecule has 0 saturated carbocycles. The molecule has 1 aliphatic rings. The third kappa shape index (κ3) is 4.67. The maximum absolute atomic E-state index is 12.7. The topological polar surface area (TPSA) is 86.9 Å². The summed E-state index contributed by atoms with van der Waals surface area (Å²) in [6, 6.07) is 6.28. The van der Waals surface area contributed by atoms with Crippen molar-refractivity contribution < 1.29 is 13.5 Å². The van der Waals surface area contributed by atoms with Gasteiger partial charge in [-0.25, -0.2) is 8.42 Å². The van der Waals surface area contributed by atoms with Gasteiger partial charge in [0.05, 0.1) is 10.5 Å². The zero-order valence-corrected chi connectivity index (χ0v) is 14.9. The van der Waals surface area contributed by atoms with Gasteiger partial charge in [0.15, 0.2) is 0 Å². The molecule has 2 rings (SSSR count). The molecular weight excluding hydrogens is 314 g/mol. The maximum atomic E-state index is 12.7. The molecular formula is C16H27N3O3S. The van der Waals surface area contributed by atoms with Crippen LogP contribution < -0.4 is 5.73 Å². The van der Waals surface area contributed by atoms with E-state index in [1.165, 1.54) is 4.31 Å². The maximum Gasteiger partial charge on any atom is 0.243 e. The third-order valence-electron chi connectivity index (χ3n) is 4.24. The summed E-state index contributed by atoms with van der Waals surface area (Å²) in [6.45, 7) is 5.76. The number of sulfonamides is 1. The second kappa shape index (κ2) is 6.76. The predicted molar refractivity (Wildman–Crippen MR) is 91.6 cm³/mol. The summed E-state index contributed by atoms with van der Waals surface area (Å²) < 4.78 is 26.8. The first-order valence-corrected chi connectivity index (χ1v) is 9.32. The van der Waals surface area contributed by atoms with Crippen molar-refractivity contribution in [2.75, 3.05) is 32.4 Å². The Bertz CT molecular complexity index is 615. The number of benzene rings is 1. The molecule has 3 N–H and O–H groups in total. The standard InChI is InChI=1S/C16H27N3O3S/c1-16(2,20)12-19-10-8-14(9-11-19)18(3)23(21,22)15-6-4-13(17)5-7-15/h4-7,14,20H,8-12,17H2,1-3H3. The van der Waals surface area contributed by atoms with E-state index in [1.807, 2.05) is 0 Å². The van der Waals surface area contributed by atoms with Gasteiger partial charge in [-0.05, 0) is 64.0 Å². The van der Waals surface area contributed by atoms with Gasteiger partial charge in [-0.15, -0.1) is 0 Å². The molecule has 0 aromatic heterocycles. The molecule has 1 aliphatic heterocycles. The number of anilines is 1. The van der Waals surface area contributed by atoms with E-state index < -0.39 is 15.6 Å². The molecule has 0 radical (unpaired) electrons. The molecule has 6 nitrogen and oxygen atoms in total. The minimum Gasteiger partial charge on any atom is -0.399 e. The number of hydrogen-bond donors (Lipinski definition) is 2. The lowest BCUT2D eigenvalue weighted by Gasteiger charge is -2.38. The first-order valence-electron chi connectivity index (χ1n) is 7.88. The summed E-state index contributed by atoms with van der Waals surface area (Å²) in [5.74, 6) is 0. The summed E-state index contributed by atoms with van der Waals surface area (Å²) in [6.07, 6.45) is 1.53. The Kier molecular flexibility index (Phi) is 5.35. The van der Waals surface area contributed by atoms with Crippen LogP contribution in [0.15, 0.2) is 29.2 Å². The second-order valence-corrected chi connectivity index (χ2v) is 8.91. The Morgan fingerprint density at radius 1 is 1.26 bits per heavy atom. The number of likely N-dealkylation sites (tertiary alicyclic amines) is 1. The molecule has 0 atom stereocenters. The molecule has 7 heteroatoms. The van der Waals surface area contributed by atoms with Gasteiger partial charge in [0.25, 0.3) is 0 Å². The SMILES string of the molecule is CN(C1CCN(CC(C)(C)O)CC1)S(=O)(=O)c1ccc(N)cc1. The fraction of sp³-hybridized carbons (Fsp3) is 0.625. The lowest BCUT2D eigenvalue weighted by Crippen LogP contribution is -2.48. The molecule has 1 aromatic rings. The monoisotopic (exact) mass is 341 g/mol. The van der Waals surface area contributed by atoms with E-state index in [1.54, 1.807) is 45.2 Å². The largest absolute Gasteiger partial charge is 0.399 e. The normalized spacial score (nSPS) is 18.5. The van der Waals surface area contributed by atoms with Crippen molar-refractivity contribution in [2.24, 2.45) is 0 Å². The zero-order chi connectivity index (χ0) is 17.3. The van der Waals surface area contributed by atoms with Crippen LogP contribution in [0.5, 0.6) is 0 Å². The molecule has 1 aromatic carbocycles. The van der Waals surface area contributed by atoms with Crippen LogP contribution in [-0.4, -0.2) is 61.1 Å². The Labute approximate surface area is 138 Å². The fourth-order valence-electron chi connectivity index (χ4n) is 2.99. The number of rotatable bonds is 5. The number of nitrogens with two attached hydrogens (primary N) is 1. The summed E-state index contributed by atoms with van der Waals surface area (Å²) in [4.78, 5) is 2.45. The lowest BCUT2D eigenvalue weighted by atomic mass is 10.0. The van der Waals surface area contributed by atoms with Crippen LogP contribution in [-0.2, 0) is 10.0 Å². The fourth-order valence-corrected chi connectivity index (χ4v) is 4.41. The van der Waals surface area contributed by atoms with E-state index in [2.05, 4.69) is 4.90 Å². The van der Waals surface area contributed by atoms with Crippen LogP contribution in [0.1, 0.15) is 26.7 Å². The van der Waals surface area contributed by atoms with Crippen molar-refractivity contribution in [3.8, 4) is 0 Å². The first kappa shape index (κ1) is 18.2. The molecule has 130 valence electrons. The molecule has 0 bridgehead atoms. The molecule has 0 aliphatic carbocycles. The van der Waals surface area contributed by atoms with E-state index in [0.29, 0.717) is 12.2 Å². The molecule has 1 saturated heterocycles. The molecule has 1 heterocycles. The summed E-state index contributed by atoms with van der Waals surface area (Å²) in [5, 5.41) is 9.89. The zero-order valence-electron chi connectivity index (χ0n) is 14.1. The first-order chi connectivity index (χ1) is 10.6. The van der Waals surface area contributed by atoms with E-state index in [0.717, 1.165) is 25.9 Å². The van der Waals surface area contributed by atoms with Gasteiger partial charge >= 0.3 is 0 Å². The minimum atomic E-state index is -3.50. The van der Waals surface area contributed by atoms with Crippen LogP contribution in [0.25, 0.3) is 0 Å². The molecule has 0 amide bonds. The van der Waals surface area contributed by atoms with Crippen molar-refractivity contribution in [2.45, 2.75) is 43.2 Å². The van der Waals surface area contributed by atoms with Crippen LogP contribution in [0, 0.1) is 0 Å². The number of nitrogens with zero attached hydrogens (tertiary/aromatic N) is 2. The van der Waals surface area contributed by atoms with Crippen LogP contribution >= 0.6 is 0 Å². The molecule has 0 spiro atoms. The highest BCUT2D eigenvalue weighted by Crippen LogP contribution is 2.24. The minimum absolute atomic E-state index is 0.0180. The second-order valence-electron chi connectivity index (χ2n) is 6.91. The van der Waals surface area contributed by atoms with Gasteiger partial charge in [0.2, 0.25) is 10.0 Å². The quantitative estimate of drug-likeness (QED) is 0.784. The molecule has 1 fully saturated rings. The van der Waals surface area contributed by atoms with E-state index in [-0.39, 0.29) is 10.9 Å². The Hall–Kier alpha value is -1.15. The highest BCUT2D eigenvalue weighted by atomic mass is 32.2. The van der Waals surface area contributed by atoms with Gasteiger partial charge in [-0.3, -0.25) is 0 Å². The van der Waals surface area contributed by atoms with Crippen molar-refractivity contribution in [1.82, 2.24) is 9.21 Å². The van der Waals surface area contributed by atoms with E-state index >= 15 is 0 Å². The Morgan fingerprint density at radius 2 is 1.78 bits per heavy atom. The van der Waals surface area contributed by atoms with Crippen molar-refractivity contribution in [1.29, 1.82) is 0 Å². The summed E-state index contributed by atoms with van der Waals surface area (Å²) >= 11 is 0. The van der Waals surface area contributed by atoms with Gasteiger partial charge in [0, 0.05) is 25.3 Å². The molecule has 23 heavy (non-hydrogen) atoms. The number of piperidine rings is 1. The number of nitrogen functional groups attached to an aromatic ring is 1. The number of aliphatic hydroxyl groups is 1.